The van der Waals surface area contributed by atoms with Crippen molar-refractivity contribution < 1.29 is 0 Å². The van der Waals surface area contributed by atoms with Gasteiger partial charge in [0, 0.05) is 6.20 Å². The van der Waals surface area contributed by atoms with Gasteiger partial charge in [0.15, 0.2) is 0 Å². The first-order valence-corrected chi connectivity index (χ1v) is 2.88. The molecule has 0 aliphatic carbocycles. The van der Waals surface area contributed by atoms with Crippen molar-refractivity contribution in [3.8, 4) is 0 Å². The molecule has 0 aromatic heterocycles. The van der Waals surface area contributed by atoms with Crippen molar-refractivity contribution in [2.75, 3.05) is 0 Å². The molecule has 0 unspecified atom stereocenters. The minimum atomic E-state index is 0. The zero-order valence-electron chi connectivity index (χ0n) is 5.88. The van der Waals surface area contributed by atoms with Crippen molar-refractivity contribution in [1.82, 2.24) is 0 Å². The molecule has 0 fully saturated rings. The third-order valence-corrected chi connectivity index (χ3v) is 1.06. The predicted octanol–water partition coefficient (Wildman–Crippen LogP) is 2.46. The van der Waals surface area contributed by atoms with Crippen LogP contribution in [-0.2, 0) is 0 Å². The average molecular weight is 383 g/mol. The van der Waals surface area contributed by atoms with E-state index >= 15 is 0 Å². The van der Waals surface area contributed by atoms with Crippen LogP contribution in [0.5, 0.6) is 0 Å². The van der Waals surface area contributed by atoms with Gasteiger partial charge in [0.05, 0.1) is 0 Å². The second kappa shape index (κ2) is 3.07. The molecule has 0 N–H and O–H groups in total. The van der Waals surface area contributed by atoms with Crippen molar-refractivity contribution >= 4 is 0 Å². The first-order chi connectivity index (χ1) is 4.29. The standard InChI is InChI=1S/C7H9N2.Lr/c1-6-3-4-7(2)9-8-5-6;/h3-5H,1-2H3;/q-1;. The summed E-state index contributed by atoms with van der Waals surface area (Å²) in [5, 5.41) is 7.65. The van der Waals surface area contributed by atoms with Crippen LogP contribution >= 0.6 is 0 Å². The first-order valence-electron chi connectivity index (χ1n) is 2.88. The summed E-state index contributed by atoms with van der Waals surface area (Å²) < 4.78 is 0. The molecule has 1 radical (unpaired) electrons. The van der Waals surface area contributed by atoms with Crippen LogP contribution in [0.4, 0.5) is 0 Å². The number of hydrogen-bond donors (Lipinski definition) is 0. The van der Waals surface area contributed by atoms with E-state index in [2.05, 4.69) is 10.2 Å². The zero-order valence-corrected chi connectivity index (χ0v) is 8.03. The minimum Gasteiger partial charge on any atom is -0.254 e. The van der Waals surface area contributed by atoms with Gasteiger partial charge in [0.2, 0.25) is 0 Å². The van der Waals surface area contributed by atoms with Crippen molar-refractivity contribution in [2.24, 2.45) is 10.2 Å². The van der Waals surface area contributed by atoms with Crippen molar-refractivity contribution in [3.63, 3.8) is 0 Å². The van der Waals surface area contributed by atoms with Gasteiger partial charge in [-0.25, -0.2) is 12.2 Å². The van der Waals surface area contributed by atoms with Crippen LogP contribution in [-0.4, -0.2) is 0 Å². The van der Waals surface area contributed by atoms with E-state index in [9.17, 15) is 0 Å². The van der Waals surface area contributed by atoms with E-state index in [-0.39, 0.29) is 0 Å². The Morgan fingerprint density at radius 2 is 2.20 bits per heavy atom. The predicted molar refractivity (Wildman–Crippen MR) is 36.7 cm³/mol. The summed E-state index contributed by atoms with van der Waals surface area (Å²) in [6.07, 6.45) is 5.69. The summed E-state index contributed by atoms with van der Waals surface area (Å²) in [5.41, 5.74) is 1.13. The van der Waals surface area contributed by atoms with Crippen molar-refractivity contribution in [2.45, 2.75) is 13.8 Å². The van der Waals surface area contributed by atoms with Crippen LogP contribution in [0.2, 0.25) is 0 Å². The molecule has 0 aromatic rings. The molecule has 0 aromatic carbocycles. The molecule has 0 amide bonds. The Kier molecular flexibility index (Phi) is 2.44. The summed E-state index contributed by atoms with van der Waals surface area (Å²) in [6.45, 7) is 3.92. The molecule has 0 bridgehead atoms. The maximum atomic E-state index is 3.85. The molecule has 1 aliphatic rings. The summed E-state index contributed by atoms with van der Waals surface area (Å²) in [6, 6.07) is 0.947. The molecule has 10 heavy (non-hydrogen) atoms. The quantitative estimate of drug-likeness (QED) is 0.575. The number of azo groups is 1. The molecule has 0 saturated carbocycles. The first kappa shape index (κ1) is 7.95. The summed E-state index contributed by atoms with van der Waals surface area (Å²) in [5.74, 6) is 0. The SMILES string of the molecule is CC1=CN=N[C-](C)C=C1.[Lr]. The molecular weight excluding hydrogens is 374 g/mol. The maximum Gasteiger partial charge on any atom is 0.0330 e. The minimum absolute atomic E-state index is 0. The molecule has 0 atom stereocenters. The Balaban J connectivity index is 0.000000810. The monoisotopic (exact) mass is 383 g/mol. The van der Waals surface area contributed by atoms with Crippen LogP contribution < -0.4 is 0 Å². The Hall–Kier alpha value is -2.05. The Bertz CT molecular complexity index is 182. The van der Waals surface area contributed by atoms with E-state index in [0.29, 0.717) is 0 Å². The molecule has 2 nitrogen and oxygen atoms in total. The smallest absolute Gasteiger partial charge is 0.0330 e. The van der Waals surface area contributed by atoms with E-state index in [1.165, 1.54) is 0 Å². The Morgan fingerprint density at radius 1 is 1.50 bits per heavy atom. The van der Waals surface area contributed by atoms with Crippen molar-refractivity contribution in [3.05, 3.63) is 30.0 Å². The van der Waals surface area contributed by atoms with Gasteiger partial charge in [0.25, 0.3) is 0 Å². The normalized spacial score (nSPS) is 15.8. The Labute approximate surface area is 55.0 Å². The molecule has 1 heterocycles. The number of rotatable bonds is 0. The average Bonchev–Trinajstić information content (AvgIpc) is 1.97. The maximum absolute atomic E-state index is 3.85. The molecule has 3 heteroatoms. The summed E-state index contributed by atoms with van der Waals surface area (Å²) in [7, 11) is 0. The van der Waals surface area contributed by atoms with Gasteiger partial charge in [-0.3, -0.25) is 5.11 Å². The molecule has 0 saturated heterocycles. The largest absolute Gasteiger partial charge is 0.254 e. The second-order valence-corrected chi connectivity index (χ2v) is 2.06. The topological polar surface area (TPSA) is 24.7 Å². The zero-order chi connectivity index (χ0) is 6.69. The van der Waals surface area contributed by atoms with Crippen LogP contribution in [0, 0.1) is 6.04 Å². The van der Waals surface area contributed by atoms with Crippen LogP contribution in [0.15, 0.2) is 34.2 Å². The van der Waals surface area contributed by atoms with Gasteiger partial charge in [-0.2, -0.15) is 5.11 Å². The third kappa shape index (κ3) is 1.82. The van der Waals surface area contributed by atoms with Gasteiger partial charge >= 0.3 is 0 Å². The fourth-order valence-electron chi connectivity index (χ4n) is 0.539. The van der Waals surface area contributed by atoms with E-state index in [1.54, 1.807) is 6.20 Å². The number of allylic oxidation sites excluding steroid dienone is 2. The summed E-state index contributed by atoms with van der Waals surface area (Å²) in [4.78, 5) is 0. The second-order valence-electron chi connectivity index (χ2n) is 2.06. The van der Waals surface area contributed by atoms with Crippen LogP contribution in [0.3, 0.4) is 0 Å². The molecule has 1 aliphatic heterocycles. The van der Waals surface area contributed by atoms with E-state index in [4.69, 9.17) is 0 Å². The van der Waals surface area contributed by atoms with Gasteiger partial charge in [-0.05, 0) is 0 Å². The van der Waals surface area contributed by atoms with E-state index in [1.807, 2.05) is 26.0 Å². The van der Waals surface area contributed by atoms with Gasteiger partial charge in [-0.1, -0.05) is 19.9 Å². The third-order valence-electron chi connectivity index (χ3n) is 1.06. The Morgan fingerprint density at radius 3 is 2.90 bits per heavy atom. The molecule has 0 spiro atoms. The molecule has 1 rings (SSSR count). The van der Waals surface area contributed by atoms with Crippen LogP contribution in [0.25, 0.3) is 0 Å². The molecular formula is C7H9LrN2-. The molecule has 63 valence electrons. The van der Waals surface area contributed by atoms with E-state index < -0.39 is 0 Å². The number of nitrogens with zero attached hydrogens (tertiary/aromatic N) is 2. The fourth-order valence-corrected chi connectivity index (χ4v) is 0.539. The van der Waals surface area contributed by atoms with Crippen molar-refractivity contribution in [1.29, 1.82) is 0 Å². The van der Waals surface area contributed by atoms with Gasteiger partial charge in [0.1, 0.15) is 0 Å². The van der Waals surface area contributed by atoms with Crippen LogP contribution in [0.1, 0.15) is 13.8 Å². The van der Waals surface area contributed by atoms with E-state index in [0.717, 1.165) is 11.6 Å². The summed E-state index contributed by atoms with van der Waals surface area (Å²) >= 11 is 0. The fraction of sp³-hybridized carbons (Fsp3) is 0.286. The van der Waals surface area contributed by atoms with Gasteiger partial charge in [-0.15, -0.1) is 5.57 Å². The number of hydrogen-bond acceptors (Lipinski definition) is 2. The van der Waals surface area contributed by atoms with Gasteiger partial charge < -0.3 is 0 Å².